The Balaban J connectivity index is 1.94. The van der Waals surface area contributed by atoms with Crippen LogP contribution < -0.4 is 0 Å². The van der Waals surface area contributed by atoms with Gasteiger partial charge in [-0.1, -0.05) is 168 Å². The highest BCUT2D eigenvalue weighted by Crippen LogP contribution is 2.42. The maximum Gasteiger partial charge on any atom is 0.306 e. The van der Waals surface area contributed by atoms with Gasteiger partial charge in [0, 0.05) is 25.7 Å². The molecule has 0 aliphatic heterocycles. The monoisotopic (exact) mass is 850 g/mol. The number of rotatable bonds is 22. The summed E-state index contributed by atoms with van der Waals surface area (Å²) in [6.07, 6.45) is 33.5. The van der Waals surface area contributed by atoms with Crippen LogP contribution in [0, 0.1) is 16.7 Å². The van der Waals surface area contributed by atoms with Crippen molar-refractivity contribution in [1.82, 2.24) is 4.90 Å². The van der Waals surface area contributed by atoms with Crippen molar-refractivity contribution in [3.63, 3.8) is 0 Å². The second-order valence-electron chi connectivity index (χ2n) is 19.0. The van der Waals surface area contributed by atoms with Crippen LogP contribution in [0.2, 0.25) is 0 Å². The Morgan fingerprint density at radius 3 is 1.44 bits per heavy atom. The van der Waals surface area contributed by atoms with E-state index in [2.05, 4.69) is 79.7 Å². The smallest absolute Gasteiger partial charge is 0.306 e. The molecular weight excluding hydrogens is 771 g/mol. The first-order chi connectivity index (χ1) is 29.1. The molecule has 0 radical (unpaired) electrons. The quantitative estimate of drug-likeness (QED) is 0.0791. The summed E-state index contributed by atoms with van der Waals surface area (Å²) in [6.45, 7) is 25.5. The topological polar surface area (TPSA) is 90.0 Å². The molecule has 0 aromatic heterocycles. The highest BCUT2D eigenvalue weighted by molar-refractivity contribution is 6.02. The molecular formula is C55H79NO6. The molecule has 0 amide bonds. The Labute approximate surface area is 375 Å². The number of carbonyl (C=O) groups is 4. The molecule has 340 valence electrons. The van der Waals surface area contributed by atoms with Gasteiger partial charge in [-0.25, -0.2) is 0 Å². The molecule has 7 heteroatoms. The Kier molecular flexibility index (Phi) is 22.5. The number of allylic oxidation sites excluding steroid dienone is 20. The number of esters is 2. The van der Waals surface area contributed by atoms with Gasteiger partial charge in [-0.2, -0.15) is 0 Å². The highest BCUT2D eigenvalue weighted by atomic mass is 16.6. The highest BCUT2D eigenvalue weighted by Gasteiger charge is 2.41. The van der Waals surface area contributed by atoms with Crippen LogP contribution in [-0.4, -0.2) is 61.3 Å². The standard InChI is InChI=1S/C55H79NO6/c1-15-22-39(2)29-20-30-50(57)61-48-37-54(9,10)46(44(7)52(48)59)34-32-42(5)27-18-25-40(3)23-16-17-24-41(4)26-19-28-43(6)33-35-47-45(8)53(60)49(38-55(47,11)12)62-51(58)31-21-36-56(13)14/h16-19,23-28,32-35,39,48-49H,15,20-22,29-31,36-38H2,1-14H3/b17-16+,25-18+,26-19+,34-32+,35-33+,40-23+,41-24+,42-27+,43-28+. The molecule has 2 rings (SSSR count). The molecule has 0 aromatic rings. The van der Waals surface area contributed by atoms with Gasteiger partial charge in [-0.3, -0.25) is 19.2 Å². The van der Waals surface area contributed by atoms with Gasteiger partial charge in [-0.05, 0) is 114 Å². The van der Waals surface area contributed by atoms with Crippen LogP contribution in [0.15, 0.2) is 130 Å². The maximum absolute atomic E-state index is 13.3. The fourth-order valence-corrected chi connectivity index (χ4v) is 7.96. The number of nitrogens with zero attached hydrogens (tertiary/aromatic N) is 1. The lowest BCUT2D eigenvalue weighted by Gasteiger charge is -2.36. The van der Waals surface area contributed by atoms with E-state index in [4.69, 9.17) is 9.47 Å². The fourth-order valence-electron chi connectivity index (χ4n) is 7.96. The van der Waals surface area contributed by atoms with E-state index in [1.165, 1.54) is 0 Å². The van der Waals surface area contributed by atoms with E-state index in [-0.39, 0.29) is 34.3 Å². The first-order valence-corrected chi connectivity index (χ1v) is 22.7. The van der Waals surface area contributed by atoms with E-state index >= 15 is 0 Å². The maximum atomic E-state index is 13.3. The molecule has 0 saturated heterocycles. The Bertz CT molecular complexity index is 1930. The number of Topliss-reactive ketones (excluding diaryl/α,β-unsaturated/α-hetero) is 2. The molecule has 7 nitrogen and oxygen atoms in total. The first-order valence-electron chi connectivity index (χ1n) is 22.7. The molecule has 0 aromatic carbocycles. The van der Waals surface area contributed by atoms with Gasteiger partial charge in [0.15, 0.2) is 23.8 Å². The predicted molar refractivity (Wildman–Crippen MR) is 258 cm³/mol. The van der Waals surface area contributed by atoms with Crippen molar-refractivity contribution in [1.29, 1.82) is 0 Å². The van der Waals surface area contributed by atoms with E-state index in [1.54, 1.807) is 0 Å². The SMILES string of the molecule is CCCC(C)CCCC(=O)OC1CC(C)(C)C(/C=C/C(C)=C/C=C/C(C)=C/C=C/C=C(C)/C=C/C=C(C)/C=C/C2=C(C)C(=O)C(OC(=O)CCCN(C)C)CC2(C)C)=C(C)C1=O. The van der Waals surface area contributed by atoms with Crippen molar-refractivity contribution in [2.45, 2.75) is 153 Å². The van der Waals surface area contributed by atoms with Crippen LogP contribution in [0.3, 0.4) is 0 Å². The molecule has 3 atom stereocenters. The number of hydrogen-bond donors (Lipinski definition) is 0. The minimum atomic E-state index is -0.735. The molecule has 0 saturated carbocycles. The number of hydrogen-bond acceptors (Lipinski definition) is 7. The third kappa shape index (κ3) is 18.8. The minimum absolute atomic E-state index is 0.0971. The van der Waals surface area contributed by atoms with Crippen LogP contribution in [0.1, 0.15) is 141 Å². The Morgan fingerprint density at radius 1 is 0.645 bits per heavy atom. The lowest BCUT2D eigenvalue weighted by molar-refractivity contribution is -0.156. The molecule has 0 fully saturated rings. The summed E-state index contributed by atoms with van der Waals surface area (Å²) >= 11 is 0. The number of ether oxygens (including phenoxy) is 2. The summed E-state index contributed by atoms with van der Waals surface area (Å²) in [7, 11) is 3.93. The first kappa shape index (κ1) is 53.5. The lowest BCUT2D eigenvalue weighted by atomic mass is 9.71. The normalized spacial score (nSPS) is 21.3. The Morgan fingerprint density at radius 2 is 1.03 bits per heavy atom. The van der Waals surface area contributed by atoms with Crippen LogP contribution >= 0.6 is 0 Å². The fraction of sp³-hybridized carbons (Fsp3) is 0.527. The van der Waals surface area contributed by atoms with Gasteiger partial charge >= 0.3 is 11.9 Å². The third-order valence-corrected chi connectivity index (χ3v) is 11.7. The van der Waals surface area contributed by atoms with Crippen LogP contribution in [0.25, 0.3) is 0 Å². The molecule has 3 unspecified atom stereocenters. The van der Waals surface area contributed by atoms with Crippen molar-refractivity contribution in [3.8, 4) is 0 Å². The molecule has 0 N–H and O–H groups in total. The van der Waals surface area contributed by atoms with E-state index in [9.17, 15) is 19.2 Å². The van der Waals surface area contributed by atoms with Gasteiger partial charge in [0.25, 0.3) is 0 Å². The minimum Gasteiger partial charge on any atom is -0.454 e. The second-order valence-corrected chi connectivity index (χ2v) is 19.0. The van der Waals surface area contributed by atoms with Gasteiger partial charge in [-0.15, -0.1) is 0 Å². The molecule has 0 heterocycles. The zero-order valence-electron chi connectivity index (χ0n) is 40.8. The average molecular weight is 850 g/mol. The van der Waals surface area contributed by atoms with Gasteiger partial charge in [0.05, 0.1) is 0 Å². The number of carbonyl (C=O) groups excluding carboxylic acids is 4. The van der Waals surface area contributed by atoms with Crippen LogP contribution in [0.4, 0.5) is 0 Å². The lowest BCUT2D eigenvalue weighted by Crippen LogP contribution is -2.39. The van der Waals surface area contributed by atoms with E-state index in [0.717, 1.165) is 65.7 Å². The van der Waals surface area contributed by atoms with Gasteiger partial charge in [0.2, 0.25) is 0 Å². The number of ketones is 2. The predicted octanol–water partition coefficient (Wildman–Crippen LogP) is 13.0. The molecule has 2 aliphatic rings. The zero-order valence-corrected chi connectivity index (χ0v) is 40.8. The molecule has 62 heavy (non-hydrogen) atoms. The largest absolute Gasteiger partial charge is 0.454 e. The van der Waals surface area contributed by atoms with Crippen molar-refractivity contribution >= 4 is 23.5 Å². The average Bonchev–Trinajstić information content (AvgIpc) is 3.17. The van der Waals surface area contributed by atoms with Crippen molar-refractivity contribution in [2.24, 2.45) is 16.7 Å². The molecule has 2 aliphatic carbocycles. The summed E-state index contributed by atoms with van der Waals surface area (Å²) in [5.74, 6) is -0.200. The summed E-state index contributed by atoms with van der Waals surface area (Å²) in [6, 6.07) is 0. The molecule has 0 spiro atoms. The second kappa shape index (κ2) is 26.1. The summed E-state index contributed by atoms with van der Waals surface area (Å²) in [5.41, 5.74) is 6.97. The summed E-state index contributed by atoms with van der Waals surface area (Å²) < 4.78 is 11.4. The third-order valence-electron chi connectivity index (χ3n) is 11.7. The molecule has 0 bridgehead atoms. The van der Waals surface area contributed by atoms with E-state index < -0.39 is 12.2 Å². The summed E-state index contributed by atoms with van der Waals surface area (Å²) in [4.78, 5) is 53.5. The van der Waals surface area contributed by atoms with Gasteiger partial charge in [0.1, 0.15) is 0 Å². The van der Waals surface area contributed by atoms with Crippen molar-refractivity contribution in [2.75, 3.05) is 20.6 Å². The van der Waals surface area contributed by atoms with Crippen molar-refractivity contribution in [3.05, 3.63) is 130 Å². The van der Waals surface area contributed by atoms with Crippen molar-refractivity contribution < 1.29 is 28.7 Å². The zero-order chi connectivity index (χ0) is 46.6. The van der Waals surface area contributed by atoms with Gasteiger partial charge < -0.3 is 14.4 Å². The summed E-state index contributed by atoms with van der Waals surface area (Å²) in [5, 5.41) is 0. The van der Waals surface area contributed by atoms with E-state index in [0.29, 0.717) is 49.2 Å². The Hall–Kier alpha value is -4.62. The van der Waals surface area contributed by atoms with Crippen LogP contribution in [-0.2, 0) is 28.7 Å². The van der Waals surface area contributed by atoms with E-state index in [1.807, 2.05) is 107 Å². The van der Waals surface area contributed by atoms with Crippen LogP contribution in [0.5, 0.6) is 0 Å².